The predicted octanol–water partition coefficient (Wildman–Crippen LogP) is 2.88. The molecule has 2 unspecified atom stereocenters. The fourth-order valence-corrected chi connectivity index (χ4v) is 3.91. The summed E-state index contributed by atoms with van der Waals surface area (Å²) in [5.74, 6) is 0.816. The van der Waals surface area contributed by atoms with Crippen LogP contribution in [0.5, 0.6) is 5.75 Å². The Labute approximate surface area is 125 Å². The molecule has 2 heterocycles. The van der Waals surface area contributed by atoms with Crippen molar-refractivity contribution in [1.82, 2.24) is 4.90 Å². The van der Waals surface area contributed by atoms with E-state index in [0.717, 1.165) is 30.7 Å². The Balaban J connectivity index is 1.78. The Hall–Kier alpha value is -0.770. The molecule has 1 aromatic rings. The molecule has 2 saturated heterocycles. The highest BCUT2D eigenvalue weighted by atomic mass is 35.5. The van der Waals surface area contributed by atoms with Gasteiger partial charge < -0.3 is 14.7 Å². The van der Waals surface area contributed by atoms with Crippen LogP contribution in [0.15, 0.2) is 18.2 Å². The van der Waals surface area contributed by atoms with Gasteiger partial charge in [0.2, 0.25) is 0 Å². The molecule has 0 aliphatic carbocycles. The smallest absolute Gasteiger partial charge is 0.122 e. The summed E-state index contributed by atoms with van der Waals surface area (Å²) in [4.78, 5) is 2.52. The molecule has 0 radical (unpaired) electrons. The SMILES string of the molecule is COc1ccc(Cl)cc1CC1(O)CCN2CCCC2C1. The molecule has 1 aromatic carbocycles. The first-order chi connectivity index (χ1) is 9.59. The molecule has 1 N–H and O–H groups in total. The van der Waals surface area contributed by atoms with E-state index in [9.17, 15) is 5.11 Å². The van der Waals surface area contributed by atoms with Crippen molar-refractivity contribution in [2.75, 3.05) is 20.2 Å². The first-order valence-electron chi connectivity index (χ1n) is 7.38. The summed E-state index contributed by atoms with van der Waals surface area (Å²) in [6.45, 7) is 2.20. The molecule has 0 spiro atoms. The minimum absolute atomic E-state index is 0.555. The molecule has 2 aliphatic heterocycles. The van der Waals surface area contributed by atoms with Crippen LogP contribution in [0.4, 0.5) is 0 Å². The van der Waals surface area contributed by atoms with Gasteiger partial charge in [-0.05, 0) is 56.0 Å². The Morgan fingerprint density at radius 1 is 1.45 bits per heavy atom. The standard InChI is InChI=1S/C16H22ClNO2/c1-20-15-5-4-13(17)9-12(15)10-16(19)6-8-18-7-2-3-14(18)11-16/h4-5,9,14,19H,2-3,6-8,10-11H2,1H3. The zero-order valence-corrected chi connectivity index (χ0v) is 12.7. The van der Waals surface area contributed by atoms with Gasteiger partial charge in [0.1, 0.15) is 5.75 Å². The summed E-state index contributed by atoms with van der Waals surface area (Å²) >= 11 is 6.08. The highest BCUT2D eigenvalue weighted by Gasteiger charge is 2.40. The lowest BCUT2D eigenvalue weighted by atomic mass is 9.81. The highest BCUT2D eigenvalue weighted by Crippen LogP contribution is 2.37. The normalized spacial score (nSPS) is 30.2. The van der Waals surface area contributed by atoms with Gasteiger partial charge in [-0.2, -0.15) is 0 Å². The molecular formula is C16H22ClNO2. The molecule has 110 valence electrons. The number of aliphatic hydroxyl groups is 1. The summed E-state index contributed by atoms with van der Waals surface area (Å²) in [5, 5.41) is 11.7. The highest BCUT2D eigenvalue weighted by molar-refractivity contribution is 6.30. The van der Waals surface area contributed by atoms with E-state index in [0.29, 0.717) is 17.5 Å². The van der Waals surface area contributed by atoms with Crippen molar-refractivity contribution in [3.8, 4) is 5.75 Å². The molecule has 2 atom stereocenters. The fourth-order valence-electron chi connectivity index (χ4n) is 3.71. The van der Waals surface area contributed by atoms with Crippen molar-refractivity contribution < 1.29 is 9.84 Å². The Morgan fingerprint density at radius 3 is 3.10 bits per heavy atom. The van der Waals surface area contributed by atoms with Crippen LogP contribution in [0.3, 0.4) is 0 Å². The van der Waals surface area contributed by atoms with Crippen LogP contribution in [0.25, 0.3) is 0 Å². The van der Waals surface area contributed by atoms with Crippen LogP contribution < -0.4 is 4.74 Å². The quantitative estimate of drug-likeness (QED) is 0.931. The molecule has 0 amide bonds. The number of halogens is 1. The largest absolute Gasteiger partial charge is 0.496 e. The van der Waals surface area contributed by atoms with Gasteiger partial charge in [0, 0.05) is 24.0 Å². The first kappa shape index (κ1) is 14.2. The van der Waals surface area contributed by atoms with Gasteiger partial charge in [-0.25, -0.2) is 0 Å². The zero-order chi connectivity index (χ0) is 14.2. The first-order valence-corrected chi connectivity index (χ1v) is 7.76. The number of rotatable bonds is 3. The molecular weight excluding hydrogens is 274 g/mol. The van der Waals surface area contributed by atoms with Crippen LogP contribution in [-0.2, 0) is 6.42 Å². The van der Waals surface area contributed by atoms with Gasteiger partial charge in [-0.1, -0.05) is 11.6 Å². The lowest BCUT2D eigenvalue weighted by molar-refractivity contribution is -0.0357. The minimum atomic E-state index is -0.622. The van der Waals surface area contributed by atoms with E-state index in [-0.39, 0.29) is 0 Å². The number of ether oxygens (including phenoxy) is 1. The summed E-state index contributed by atoms with van der Waals surface area (Å²) in [6.07, 6.45) is 4.80. The van der Waals surface area contributed by atoms with Crippen LogP contribution in [0.2, 0.25) is 5.02 Å². The Morgan fingerprint density at radius 2 is 2.30 bits per heavy atom. The lowest BCUT2D eigenvalue weighted by Crippen LogP contribution is -2.48. The van der Waals surface area contributed by atoms with Gasteiger partial charge in [0.15, 0.2) is 0 Å². The molecule has 0 aromatic heterocycles. The molecule has 2 fully saturated rings. The minimum Gasteiger partial charge on any atom is -0.496 e. The van der Waals surface area contributed by atoms with E-state index in [1.165, 1.54) is 19.4 Å². The number of hydrogen-bond donors (Lipinski definition) is 1. The average molecular weight is 296 g/mol. The van der Waals surface area contributed by atoms with Crippen molar-refractivity contribution in [2.45, 2.75) is 43.7 Å². The summed E-state index contributed by atoms with van der Waals surface area (Å²) in [5.41, 5.74) is 0.387. The maximum absolute atomic E-state index is 11.0. The maximum atomic E-state index is 11.0. The molecule has 4 heteroatoms. The van der Waals surface area contributed by atoms with Gasteiger partial charge in [0.25, 0.3) is 0 Å². The van der Waals surface area contributed by atoms with E-state index in [4.69, 9.17) is 16.3 Å². The molecule has 3 rings (SSSR count). The van der Waals surface area contributed by atoms with Crippen molar-refractivity contribution in [2.24, 2.45) is 0 Å². The van der Waals surface area contributed by atoms with Crippen molar-refractivity contribution in [3.63, 3.8) is 0 Å². The van der Waals surface area contributed by atoms with E-state index >= 15 is 0 Å². The van der Waals surface area contributed by atoms with Crippen LogP contribution in [-0.4, -0.2) is 41.8 Å². The van der Waals surface area contributed by atoms with E-state index < -0.39 is 5.60 Å². The van der Waals surface area contributed by atoms with Crippen LogP contribution in [0, 0.1) is 0 Å². The zero-order valence-electron chi connectivity index (χ0n) is 11.9. The third-order valence-corrected chi connectivity index (χ3v) is 4.98. The van der Waals surface area contributed by atoms with Crippen molar-refractivity contribution >= 4 is 11.6 Å². The Kier molecular flexibility index (Phi) is 3.93. The number of piperidine rings is 1. The van der Waals surface area contributed by atoms with Crippen LogP contribution in [0.1, 0.15) is 31.2 Å². The topological polar surface area (TPSA) is 32.7 Å². The van der Waals surface area contributed by atoms with Crippen molar-refractivity contribution in [1.29, 1.82) is 0 Å². The molecule has 3 nitrogen and oxygen atoms in total. The second-order valence-electron chi connectivity index (χ2n) is 6.14. The lowest BCUT2D eigenvalue weighted by Gasteiger charge is -2.41. The summed E-state index contributed by atoms with van der Waals surface area (Å²) in [7, 11) is 1.66. The molecule has 2 aliphatic rings. The third-order valence-electron chi connectivity index (χ3n) is 4.74. The van der Waals surface area contributed by atoms with Crippen LogP contribution >= 0.6 is 11.6 Å². The van der Waals surface area contributed by atoms with Gasteiger partial charge in [0.05, 0.1) is 12.7 Å². The van der Waals surface area contributed by atoms with Gasteiger partial charge >= 0.3 is 0 Å². The number of methoxy groups -OCH3 is 1. The second kappa shape index (κ2) is 5.55. The molecule has 0 bridgehead atoms. The van der Waals surface area contributed by atoms with Gasteiger partial charge in [-0.15, -0.1) is 0 Å². The molecule has 0 saturated carbocycles. The third kappa shape index (κ3) is 2.80. The van der Waals surface area contributed by atoms with E-state index in [2.05, 4.69) is 4.90 Å². The van der Waals surface area contributed by atoms with E-state index in [1.54, 1.807) is 7.11 Å². The number of benzene rings is 1. The van der Waals surface area contributed by atoms with Crippen molar-refractivity contribution in [3.05, 3.63) is 28.8 Å². The predicted molar refractivity (Wildman–Crippen MR) is 80.5 cm³/mol. The number of hydrogen-bond acceptors (Lipinski definition) is 3. The summed E-state index contributed by atoms with van der Waals surface area (Å²) in [6, 6.07) is 6.18. The average Bonchev–Trinajstić information content (AvgIpc) is 2.85. The monoisotopic (exact) mass is 295 g/mol. The molecule has 20 heavy (non-hydrogen) atoms. The maximum Gasteiger partial charge on any atom is 0.122 e. The van der Waals surface area contributed by atoms with Gasteiger partial charge in [-0.3, -0.25) is 0 Å². The van der Waals surface area contributed by atoms with E-state index in [1.807, 2.05) is 18.2 Å². The second-order valence-corrected chi connectivity index (χ2v) is 6.58. The number of nitrogens with zero attached hydrogens (tertiary/aromatic N) is 1. The fraction of sp³-hybridized carbons (Fsp3) is 0.625. The number of fused-ring (bicyclic) bond motifs is 1. The summed E-state index contributed by atoms with van der Waals surface area (Å²) < 4.78 is 5.39. The Bertz CT molecular complexity index is 493.